The van der Waals surface area contributed by atoms with Crippen molar-refractivity contribution in [2.24, 2.45) is 0 Å². The summed E-state index contributed by atoms with van der Waals surface area (Å²) >= 11 is 5.63. The molecule has 1 aromatic heterocycles. The van der Waals surface area contributed by atoms with E-state index in [0.717, 1.165) is 0 Å². The monoisotopic (exact) mass is 638 g/mol. The highest BCUT2D eigenvalue weighted by Gasteiger charge is 2.47. The van der Waals surface area contributed by atoms with E-state index in [9.17, 15) is 31.1 Å². The molecule has 2 aliphatic rings. The second kappa shape index (κ2) is 10.9. The smallest absolute Gasteiger partial charge is 0.475 e. The Bertz CT molecular complexity index is 1590. The van der Waals surface area contributed by atoms with Gasteiger partial charge in [-0.25, -0.2) is 13.8 Å². The summed E-state index contributed by atoms with van der Waals surface area (Å²) in [5.41, 5.74) is -2.94. The van der Waals surface area contributed by atoms with Crippen molar-refractivity contribution < 1.29 is 63.9 Å². The van der Waals surface area contributed by atoms with Gasteiger partial charge in [0.25, 0.3) is 5.91 Å². The molecule has 43 heavy (non-hydrogen) atoms. The quantitative estimate of drug-likeness (QED) is 0.279. The summed E-state index contributed by atoms with van der Waals surface area (Å²) in [5.74, 6) is -9.46. The average Bonchev–Trinajstić information content (AvgIpc) is 3.43. The van der Waals surface area contributed by atoms with E-state index in [-0.39, 0.29) is 30.8 Å². The number of carbonyl (C=O) groups is 1. The zero-order valence-electron chi connectivity index (χ0n) is 21.8. The van der Waals surface area contributed by atoms with E-state index in [1.54, 1.807) is 13.8 Å². The summed E-state index contributed by atoms with van der Waals surface area (Å²) in [4.78, 5) is 17.2. The Hall–Kier alpha value is -4.02. The summed E-state index contributed by atoms with van der Waals surface area (Å²) in [6.07, 6.45) is -8.80. The number of hydrogen-bond acceptors (Lipinski definition) is 8. The van der Waals surface area contributed by atoms with Gasteiger partial charge in [0.1, 0.15) is 24.0 Å². The van der Waals surface area contributed by atoms with Gasteiger partial charge in [-0.15, -0.1) is 8.78 Å². The molecule has 0 bridgehead atoms. The fraction of sp³-hybridized carbons (Fsp3) is 0.308. The lowest BCUT2D eigenvalue weighted by Crippen LogP contribution is -2.26. The van der Waals surface area contributed by atoms with Crippen LogP contribution in [0, 0.1) is 11.6 Å². The lowest BCUT2D eigenvalue weighted by Gasteiger charge is -2.18. The van der Waals surface area contributed by atoms with E-state index >= 15 is 4.39 Å². The van der Waals surface area contributed by atoms with Gasteiger partial charge in [0.05, 0.1) is 17.2 Å². The molecule has 3 aromatic rings. The van der Waals surface area contributed by atoms with E-state index < -0.39 is 81.1 Å². The highest BCUT2D eigenvalue weighted by atomic mass is 35.5. The maximum absolute atomic E-state index is 15.3. The number of hydrogen-bond donors (Lipinski definition) is 1. The molecule has 230 valence electrons. The summed E-state index contributed by atoms with van der Waals surface area (Å²) in [7, 11) is 0. The van der Waals surface area contributed by atoms with Gasteiger partial charge in [-0.1, -0.05) is 11.6 Å². The van der Waals surface area contributed by atoms with Gasteiger partial charge in [-0.05, 0) is 38.1 Å². The third-order valence-corrected chi connectivity index (χ3v) is 6.24. The van der Waals surface area contributed by atoms with Crippen LogP contribution in [0.25, 0.3) is 0 Å². The van der Waals surface area contributed by atoms with E-state index in [1.165, 1.54) is 18.3 Å². The second-order valence-electron chi connectivity index (χ2n) is 9.49. The number of carbonyl (C=O) groups excluding carboxylic acids is 1. The number of pyridine rings is 1. The van der Waals surface area contributed by atoms with Crippen LogP contribution in [0.15, 0.2) is 36.5 Å². The van der Waals surface area contributed by atoms with Crippen LogP contribution in [0.4, 0.5) is 36.4 Å². The first-order valence-corrected chi connectivity index (χ1v) is 12.5. The van der Waals surface area contributed by atoms with Gasteiger partial charge in [0.2, 0.25) is 17.4 Å². The Labute approximate surface area is 242 Å². The predicted molar refractivity (Wildman–Crippen MR) is 132 cm³/mol. The molecule has 9 nitrogen and oxygen atoms in total. The lowest BCUT2D eigenvalue weighted by atomic mass is 10.1. The maximum atomic E-state index is 15.3. The summed E-state index contributed by atoms with van der Waals surface area (Å²) in [5, 5.41) is 0.785. The van der Waals surface area contributed by atoms with Crippen LogP contribution in [0.5, 0.6) is 28.9 Å². The number of fused-ring (bicyclic) bond motifs is 1. The minimum atomic E-state index is -5.23. The number of aromatic nitrogens is 1. The van der Waals surface area contributed by atoms with Crippen LogP contribution in [-0.4, -0.2) is 42.3 Å². The number of nitrogens with one attached hydrogen (secondary N) is 1. The molecule has 1 saturated heterocycles. The zero-order valence-corrected chi connectivity index (χ0v) is 22.5. The topological polar surface area (TPSA) is 97.4 Å². The number of benzene rings is 2. The Kier molecular flexibility index (Phi) is 7.73. The van der Waals surface area contributed by atoms with E-state index in [4.69, 9.17) is 30.5 Å². The van der Waals surface area contributed by atoms with Crippen LogP contribution >= 0.6 is 11.6 Å². The van der Waals surface area contributed by atoms with Gasteiger partial charge in [0.15, 0.2) is 23.2 Å². The number of amides is 1. The normalized spacial score (nSPS) is 18.4. The summed E-state index contributed by atoms with van der Waals surface area (Å²) in [6, 6.07) is 3.94. The second-order valence-corrected chi connectivity index (χ2v) is 9.87. The Morgan fingerprint density at radius 1 is 1.12 bits per heavy atom. The van der Waals surface area contributed by atoms with Gasteiger partial charge in [-0.3, -0.25) is 4.79 Å². The van der Waals surface area contributed by atoms with Gasteiger partial charge in [-0.2, -0.15) is 13.2 Å². The van der Waals surface area contributed by atoms with Gasteiger partial charge in [0, 0.05) is 18.0 Å². The molecular weight excluding hydrogens is 621 g/mol. The fourth-order valence-corrected chi connectivity index (χ4v) is 4.31. The molecule has 1 fully saturated rings. The third-order valence-electron chi connectivity index (χ3n) is 5.87. The number of rotatable bonds is 7. The van der Waals surface area contributed by atoms with Gasteiger partial charge >= 0.3 is 12.5 Å². The van der Waals surface area contributed by atoms with Crippen LogP contribution < -0.4 is 24.3 Å². The standard InChI is InChI=1S/C26H18ClF7N2O7/c1-24(2)39-10-12(41-24)9-38-17-7-11(5-6-35-17)36-23(37)18-16(8-13(25(30,31)32)19(27)20(18)29)40-15-4-3-14(28)21-22(15)43-26(33,34)42-21/h3-8,12H,9-10H2,1-2H3,(H,35,36,37)/t12-/m0/s1. The molecule has 2 aromatic carbocycles. The predicted octanol–water partition coefficient (Wildman–Crippen LogP) is 6.93. The van der Waals surface area contributed by atoms with Crippen molar-refractivity contribution >= 4 is 23.2 Å². The molecule has 0 spiro atoms. The Balaban J connectivity index is 1.45. The average molecular weight is 639 g/mol. The molecule has 1 N–H and O–H groups in total. The summed E-state index contributed by atoms with van der Waals surface area (Å²) < 4.78 is 128. The molecule has 1 amide bonds. The molecule has 2 aliphatic heterocycles. The third kappa shape index (κ3) is 6.50. The molecular formula is C26H18ClF7N2O7. The minimum absolute atomic E-state index is 0.00606. The van der Waals surface area contributed by atoms with Crippen LogP contribution in [0.1, 0.15) is 29.8 Å². The van der Waals surface area contributed by atoms with Gasteiger partial charge < -0.3 is 33.7 Å². The molecule has 0 radical (unpaired) electrons. The van der Waals surface area contributed by atoms with E-state index in [1.807, 2.05) is 0 Å². The molecule has 0 saturated carbocycles. The van der Waals surface area contributed by atoms with Crippen molar-refractivity contribution in [3.8, 4) is 28.9 Å². The van der Waals surface area contributed by atoms with Crippen molar-refractivity contribution in [2.75, 3.05) is 18.5 Å². The maximum Gasteiger partial charge on any atom is 0.586 e. The highest BCUT2D eigenvalue weighted by Crippen LogP contribution is 2.51. The summed E-state index contributed by atoms with van der Waals surface area (Å²) in [6.45, 7) is 3.69. The first kappa shape index (κ1) is 30.4. The highest BCUT2D eigenvalue weighted by molar-refractivity contribution is 6.32. The Morgan fingerprint density at radius 2 is 1.84 bits per heavy atom. The number of anilines is 1. The van der Waals surface area contributed by atoms with Crippen LogP contribution in [0.2, 0.25) is 5.02 Å². The van der Waals surface area contributed by atoms with E-state index in [2.05, 4.69) is 19.8 Å². The number of halogens is 8. The van der Waals surface area contributed by atoms with Crippen molar-refractivity contribution in [3.63, 3.8) is 0 Å². The molecule has 0 unspecified atom stereocenters. The van der Waals surface area contributed by atoms with E-state index in [0.29, 0.717) is 12.1 Å². The first-order chi connectivity index (χ1) is 20.0. The molecule has 0 aliphatic carbocycles. The van der Waals surface area contributed by atoms with Crippen molar-refractivity contribution in [1.82, 2.24) is 4.98 Å². The van der Waals surface area contributed by atoms with Crippen LogP contribution in [-0.2, 0) is 15.7 Å². The van der Waals surface area contributed by atoms with Crippen molar-refractivity contribution in [3.05, 3.63) is 64.3 Å². The minimum Gasteiger partial charge on any atom is -0.475 e. The largest absolute Gasteiger partial charge is 0.586 e. The molecule has 1 atom stereocenters. The SMILES string of the molecule is CC1(C)OC[C@H](COc2cc(NC(=O)c3c(Oc4ccc(F)c5c4OC(F)(F)O5)cc(C(F)(F)F)c(Cl)c3F)ccn2)O1. The zero-order chi connectivity index (χ0) is 31.3. The molecule has 3 heterocycles. The number of ether oxygens (including phenoxy) is 6. The fourth-order valence-electron chi connectivity index (χ4n) is 4.05. The first-order valence-electron chi connectivity index (χ1n) is 12.1. The lowest BCUT2D eigenvalue weighted by molar-refractivity contribution is -0.287. The number of alkyl halides is 5. The van der Waals surface area contributed by atoms with Crippen LogP contribution in [0.3, 0.4) is 0 Å². The number of nitrogens with zero attached hydrogens (tertiary/aromatic N) is 1. The van der Waals surface area contributed by atoms with Crippen molar-refractivity contribution in [1.29, 1.82) is 0 Å². The Morgan fingerprint density at radius 3 is 2.51 bits per heavy atom. The van der Waals surface area contributed by atoms with Crippen molar-refractivity contribution in [2.45, 2.75) is 38.2 Å². The molecule has 17 heteroatoms. The molecule has 5 rings (SSSR count).